The van der Waals surface area contributed by atoms with E-state index >= 15 is 0 Å². The maximum atomic E-state index is 12.2. The lowest BCUT2D eigenvalue weighted by molar-refractivity contribution is 0.0614. The Hall–Kier alpha value is -3.20. The van der Waals surface area contributed by atoms with E-state index in [0.717, 1.165) is 17.7 Å². The molecule has 1 heterocycles. The van der Waals surface area contributed by atoms with Gasteiger partial charge in [0, 0.05) is 6.54 Å². The molecule has 1 aliphatic carbocycles. The summed E-state index contributed by atoms with van der Waals surface area (Å²) in [7, 11) is 0. The maximum absolute atomic E-state index is 12.2. The number of hydrogen-bond acceptors (Lipinski definition) is 2. The maximum Gasteiger partial charge on any atom is 0.131 e. The van der Waals surface area contributed by atoms with E-state index in [2.05, 4.69) is 53.4 Å². The zero-order valence-electron chi connectivity index (χ0n) is 16.6. The third kappa shape index (κ3) is 2.51. The standard InChI is InChI=1S/C28H23NO/c30-28(20-11-3-1-4-12-20,21-13-5-2-6-14-21)26-19-29(26)27-24-17-9-7-15-22(24)23-16-8-10-18-25(23)27/h1-18,26-27,30H,19H2/t26-,29?/m1/s1. The Bertz CT molecular complexity index is 1120. The van der Waals surface area contributed by atoms with Crippen LogP contribution < -0.4 is 0 Å². The highest BCUT2D eigenvalue weighted by molar-refractivity contribution is 5.78. The highest BCUT2D eigenvalue weighted by Crippen LogP contribution is 2.53. The molecule has 0 saturated carbocycles. The third-order valence-corrected chi connectivity index (χ3v) is 6.69. The van der Waals surface area contributed by atoms with E-state index in [0.29, 0.717) is 0 Å². The predicted octanol–water partition coefficient (Wildman–Crippen LogP) is 5.38. The fourth-order valence-corrected chi connectivity index (χ4v) is 5.23. The third-order valence-electron chi connectivity index (χ3n) is 6.69. The van der Waals surface area contributed by atoms with Gasteiger partial charge in [-0.05, 0) is 33.4 Å². The zero-order chi connectivity index (χ0) is 20.1. The van der Waals surface area contributed by atoms with E-state index in [-0.39, 0.29) is 12.1 Å². The molecule has 0 spiro atoms. The number of benzene rings is 4. The monoisotopic (exact) mass is 389 g/mol. The van der Waals surface area contributed by atoms with Gasteiger partial charge >= 0.3 is 0 Å². The highest BCUT2D eigenvalue weighted by Gasteiger charge is 2.56. The molecule has 0 aromatic heterocycles. The van der Waals surface area contributed by atoms with Crippen LogP contribution in [0.3, 0.4) is 0 Å². The van der Waals surface area contributed by atoms with Crippen molar-refractivity contribution >= 4 is 0 Å². The van der Waals surface area contributed by atoms with Crippen LogP contribution in [0.15, 0.2) is 109 Å². The van der Waals surface area contributed by atoms with Crippen LogP contribution in [0.2, 0.25) is 0 Å². The van der Waals surface area contributed by atoms with Crippen LogP contribution in [0.25, 0.3) is 11.1 Å². The van der Waals surface area contributed by atoms with E-state index in [9.17, 15) is 5.11 Å². The molecule has 2 nitrogen and oxygen atoms in total. The summed E-state index contributed by atoms with van der Waals surface area (Å²) in [5, 5.41) is 12.2. The SMILES string of the molecule is OC(c1ccccc1)(c1ccccc1)[C@H]1CN1C1c2ccccc2-c2ccccc21. The van der Waals surface area contributed by atoms with Crippen molar-refractivity contribution in [3.05, 3.63) is 131 Å². The lowest BCUT2D eigenvalue weighted by Crippen LogP contribution is -2.36. The van der Waals surface area contributed by atoms with Gasteiger partial charge in [0.2, 0.25) is 0 Å². The van der Waals surface area contributed by atoms with Crippen LogP contribution >= 0.6 is 0 Å². The largest absolute Gasteiger partial charge is 0.379 e. The van der Waals surface area contributed by atoms with Crippen molar-refractivity contribution < 1.29 is 5.11 Å². The summed E-state index contributed by atoms with van der Waals surface area (Å²) in [5.74, 6) is 0. The number of rotatable bonds is 4. The van der Waals surface area contributed by atoms with Crippen molar-refractivity contribution in [3.8, 4) is 11.1 Å². The van der Waals surface area contributed by atoms with Gasteiger partial charge in [0.25, 0.3) is 0 Å². The summed E-state index contributed by atoms with van der Waals surface area (Å²) in [4.78, 5) is 2.45. The second-order valence-corrected chi connectivity index (χ2v) is 8.29. The van der Waals surface area contributed by atoms with Crippen molar-refractivity contribution in [2.75, 3.05) is 6.54 Å². The quantitative estimate of drug-likeness (QED) is 0.474. The molecular weight excluding hydrogens is 366 g/mol. The van der Waals surface area contributed by atoms with Gasteiger partial charge < -0.3 is 5.11 Å². The lowest BCUT2D eigenvalue weighted by Gasteiger charge is -2.31. The summed E-state index contributed by atoms with van der Waals surface area (Å²) in [5.41, 5.74) is 6.15. The molecule has 1 saturated heterocycles. The molecule has 0 amide bonds. The number of nitrogens with zero attached hydrogens (tertiary/aromatic N) is 1. The summed E-state index contributed by atoms with van der Waals surface area (Å²) >= 11 is 0. The Labute approximate surface area is 177 Å². The normalized spacial score (nSPS) is 19.9. The first-order valence-corrected chi connectivity index (χ1v) is 10.6. The predicted molar refractivity (Wildman–Crippen MR) is 120 cm³/mol. The molecule has 0 bridgehead atoms. The van der Waals surface area contributed by atoms with Crippen molar-refractivity contribution in [1.29, 1.82) is 0 Å². The fourth-order valence-electron chi connectivity index (χ4n) is 5.23. The zero-order valence-corrected chi connectivity index (χ0v) is 16.6. The van der Waals surface area contributed by atoms with Gasteiger partial charge in [-0.1, -0.05) is 109 Å². The summed E-state index contributed by atoms with van der Waals surface area (Å²) in [6, 6.07) is 37.8. The Morgan fingerprint density at radius 1 is 0.600 bits per heavy atom. The topological polar surface area (TPSA) is 23.2 Å². The van der Waals surface area contributed by atoms with Crippen molar-refractivity contribution in [2.45, 2.75) is 17.7 Å². The molecule has 2 aliphatic rings. The molecule has 30 heavy (non-hydrogen) atoms. The van der Waals surface area contributed by atoms with Crippen LogP contribution in [0.1, 0.15) is 28.3 Å². The van der Waals surface area contributed by atoms with Gasteiger partial charge in [0.15, 0.2) is 0 Å². The number of hydrogen-bond donors (Lipinski definition) is 1. The molecule has 1 unspecified atom stereocenters. The second kappa shape index (κ2) is 6.66. The number of aliphatic hydroxyl groups is 1. The average molecular weight is 389 g/mol. The minimum absolute atomic E-state index is 0.0199. The smallest absolute Gasteiger partial charge is 0.131 e. The van der Waals surface area contributed by atoms with Gasteiger partial charge in [-0.3, -0.25) is 4.90 Å². The molecule has 146 valence electrons. The summed E-state index contributed by atoms with van der Waals surface area (Å²) in [6.45, 7) is 0.855. The number of fused-ring (bicyclic) bond motifs is 3. The Balaban J connectivity index is 1.46. The van der Waals surface area contributed by atoms with Gasteiger partial charge in [0.05, 0.1) is 12.1 Å². The van der Waals surface area contributed by atoms with Gasteiger partial charge in [-0.15, -0.1) is 0 Å². The Morgan fingerprint density at radius 2 is 1.03 bits per heavy atom. The second-order valence-electron chi connectivity index (χ2n) is 8.29. The average Bonchev–Trinajstić information content (AvgIpc) is 3.55. The van der Waals surface area contributed by atoms with Gasteiger partial charge in [-0.2, -0.15) is 0 Å². The van der Waals surface area contributed by atoms with Crippen LogP contribution in [0.5, 0.6) is 0 Å². The van der Waals surface area contributed by atoms with Crippen LogP contribution in [-0.4, -0.2) is 22.6 Å². The molecule has 4 aromatic rings. The van der Waals surface area contributed by atoms with E-state index in [4.69, 9.17) is 0 Å². The summed E-state index contributed by atoms with van der Waals surface area (Å²) in [6.07, 6.45) is 0. The van der Waals surface area contributed by atoms with Gasteiger partial charge in [-0.25, -0.2) is 0 Å². The van der Waals surface area contributed by atoms with Crippen molar-refractivity contribution in [1.82, 2.24) is 4.90 Å². The first kappa shape index (κ1) is 17.6. The fraction of sp³-hybridized carbons (Fsp3) is 0.143. The van der Waals surface area contributed by atoms with Crippen LogP contribution in [0.4, 0.5) is 0 Å². The van der Waals surface area contributed by atoms with Gasteiger partial charge in [0.1, 0.15) is 5.60 Å². The molecule has 1 fully saturated rings. The lowest BCUT2D eigenvalue weighted by atomic mass is 9.83. The molecule has 1 aliphatic heterocycles. The van der Waals surface area contributed by atoms with Crippen LogP contribution in [0, 0.1) is 0 Å². The first-order valence-electron chi connectivity index (χ1n) is 10.6. The van der Waals surface area contributed by atoms with E-state index in [1.165, 1.54) is 22.3 Å². The Morgan fingerprint density at radius 3 is 1.53 bits per heavy atom. The molecule has 0 radical (unpaired) electrons. The highest BCUT2D eigenvalue weighted by atomic mass is 16.3. The molecule has 4 aromatic carbocycles. The molecule has 1 N–H and O–H groups in total. The molecule has 2 atom stereocenters. The molecule has 6 rings (SSSR count). The molecular formula is C28H23NO. The Kier molecular flexibility index (Phi) is 3.92. The van der Waals surface area contributed by atoms with E-state index < -0.39 is 5.60 Å². The first-order chi connectivity index (χ1) is 14.8. The summed E-state index contributed by atoms with van der Waals surface area (Å²) < 4.78 is 0. The van der Waals surface area contributed by atoms with Crippen molar-refractivity contribution in [2.24, 2.45) is 0 Å². The minimum Gasteiger partial charge on any atom is -0.379 e. The molecule has 2 heteroatoms. The van der Waals surface area contributed by atoms with Crippen LogP contribution in [-0.2, 0) is 5.60 Å². The minimum atomic E-state index is -1.05. The van der Waals surface area contributed by atoms with E-state index in [1.807, 2.05) is 60.7 Å². The van der Waals surface area contributed by atoms with Crippen molar-refractivity contribution in [3.63, 3.8) is 0 Å². The van der Waals surface area contributed by atoms with E-state index in [1.54, 1.807) is 0 Å².